The van der Waals surface area contributed by atoms with Crippen molar-refractivity contribution in [2.45, 2.75) is 32.9 Å². The average Bonchev–Trinajstić information content (AvgIpc) is 3.22. The van der Waals surface area contributed by atoms with E-state index in [9.17, 15) is 9.59 Å². The first-order valence-electron chi connectivity index (χ1n) is 9.77. The maximum atomic E-state index is 12.5. The van der Waals surface area contributed by atoms with Crippen LogP contribution in [0.15, 0.2) is 41.3 Å². The van der Waals surface area contributed by atoms with Gasteiger partial charge in [0, 0.05) is 32.8 Å². The van der Waals surface area contributed by atoms with Gasteiger partial charge >= 0.3 is 0 Å². The number of nitrogens with one attached hydrogen (secondary N) is 1. The molecule has 28 heavy (non-hydrogen) atoms. The lowest BCUT2D eigenvalue weighted by molar-refractivity contribution is -0.124. The van der Waals surface area contributed by atoms with Crippen molar-refractivity contribution in [3.05, 3.63) is 58.0 Å². The minimum absolute atomic E-state index is 0.0588. The van der Waals surface area contributed by atoms with E-state index in [0.29, 0.717) is 26.2 Å². The van der Waals surface area contributed by atoms with Crippen molar-refractivity contribution in [3.63, 3.8) is 0 Å². The molecule has 1 atom stereocenters. The highest BCUT2D eigenvalue weighted by atomic mass is 16.5. The zero-order valence-electron chi connectivity index (χ0n) is 16.6. The van der Waals surface area contributed by atoms with Crippen LogP contribution in [0.1, 0.15) is 24.5 Å². The number of aryl methyl sites for hydroxylation is 1. The van der Waals surface area contributed by atoms with Crippen LogP contribution in [0, 0.1) is 5.92 Å². The predicted octanol–water partition coefficient (Wildman–Crippen LogP) is 1.59. The molecule has 1 aromatic heterocycles. The van der Waals surface area contributed by atoms with Crippen LogP contribution >= 0.6 is 0 Å². The summed E-state index contributed by atoms with van der Waals surface area (Å²) < 4.78 is 6.37. The zero-order valence-corrected chi connectivity index (χ0v) is 16.6. The van der Waals surface area contributed by atoms with Crippen LogP contribution in [-0.2, 0) is 29.0 Å². The number of amides is 1. The molecule has 2 heterocycles. The van der Waals surface area contributed by atoms with Gasteiger partial charge in [0.05, 0.1) is 31.0 Å². The molecule has 0 spiro atoms. The number of nitrogens with zero attached hydrogens (tertiary/aromatic N) is 3. The van der Waals surface area contributed by atoms with E-state index in [2.05, 4.69) is 46.5 Å². The van der Waals surface area contributed by atoms with Crippen molar-refractivity contribution in [1.29, 1.82) is 0 Å². The van der Waals surface area contributed by atoms with Gasteiger partial charge in [-0.3, -0.25) is 9.59 Å². The summed E-state index contributed by atoms with van der Waals surface area (Å²) in [5.74, 6) is -0.0192. The summed E-state index contributed by atoms with van der Waals surface area (Å²) in [4.78, 5) is 26.7. The van der Waals surface area contributed by atoms with Crippen LogP contribution in [0.2, 0.25) is 0 Å². The molecular formula is C21H28N4O3. The highest BCUT2D eigenvalue weighted by molar-refractivity contribution is 5.80. The van der Waals surface area contributed by atoms with E-state index in [-0.39, 0.29) is 17.4 Å². The number of carbonyl (C=O) groups is 1. The van der Waals surface area contributed by atoms with Crippen molar-refractivity contribution >= 4 is 11.6 Å². The molecule has 1 amide bonds. The topological polar surface area (TPSA) is 76.5 Å². The Balaban J connectivity index is 1.53. The summed E-state index contributed by atoms with van der Waals surface area (Å²) >= 11 is 0. The van der Waals surface area contributed by atoms with Crippen LogP contribution < -0.4 is 15.8 Å². The molecule has 1 saturated heterocycles. The van der Waals surface area contributed by atoms with Crippen LogP contribution in [0.25, 0.3) is 0 Å². The second kappa shape index (κ2) is 9.50. The third kappa shape index (κ3) is 4.98. The van der Waals surface area contributed by atoms with Crippen LogP contribution in [-0.4, -0.2) is 42.5 Å². The summed E-state index contributed by atoms with van der Waals surface area (Å²) in [6.07, 6.45) is 3.47. The molecule has 1 aromatic carbocycles. The van der Waals surface area contributed by atoms with Crippen molar-refractivity contribution in [1.82, 2.24) is 15.1 Å². The van der Waals surface area contributed by atoms with Gasteiger partial charge in [0.15, 0.2) is 0 Å². The molecule has 3 rings (SSSR count). The lowest BCUT2D eigenvalue weighted by Crippen LogP contribution is -2.33. The smallest absolute Gasteiger partial charge is 0.268 e. The molecule has 0 saturated carbocycles. The molecule has 150 valence electrons. The van der Waals surface area contributed by atoms with Gasteiger partial charge in [0.25, 0.3) is 5.56 Å². The molecular weight excluding hydrogens is 356 g/mol. The Morgan fingerprint density at radius 2 is 2.04 bits per heavy atom. The molecule has 1 aliphatic rings. The van der Waals surface area contributed by atoms with Gasteiger partial charge in [-0.05, 0) is 24.0 Å². The van der Waals surface area contributed by atoms with Gasteiger partial charge in [-0.1, -0.05) is 31.2 Å². The summed E-state index contributed by atoms with van der Waals surface area (Å²) in [6.45, 7) is 4.88. The van der Waals surface area contributed by atoms with Crippen molar-refractivity contribution in [2.24, 2.45) is 5.92 Å². The number of hydrogen-bond acceptors (Lipinski definition) is 5. The number of anilines is 1. The Labute approximate surface area is 165 Å². The molecule has 1 aliphatic heterocycles. The molecule has 0 aliphatic carbocycles. The third-order valence-electron chi connectivity index (χ3n) is 5.18. The number of hydrogen-bond donors (Lipinski definition) is 1. The molecule has 2 aromatic rings. The minimum Gasteiger partial charge on any atom is -0.383 e. The standard InChI is InChI=1S/C21H28N4O3/c1-3-16-4-6-17(7-5-16)13-22-21(27)18-8-9-24(15-18)19-12-20(26)25(23-14-19)10-11-28-2/h4-7,12,14,18H,3,8-11,13,15H2,1-2H3,(H,22,27). The van der Waals surface area contributed by atoms with E-state index in [0.717, 1.165) is 30.6 Å². The van der Waals surface area contributed by atoms with Crippen molar-refractivity contribution < 1.29 is 9.53 Å². The lowest BCUT2D eigenvalue weighted by atomic mass is 10.1. The van der Waals surface area contributed by atoms with E-state index in [1.165, 1.54) is 10.2 Å². The second-order valence-corrected chi connectivity index (χ2v) is 7.09. The number of methoxy groups -OCH3 is 1. The first kappa shape index (κ1) is 20.1. The fourth-order valence-corrected chi connectivity index (χ4v) is 3.38. The molecule has 0 bridgehead atoms. The van der Waals surface area contributed by atoms with Crippen LogP contribution in [0.5, 0.6) is 0 Å². The Bertz CT molecular complexity index is 847. The Hall–Kier alpha value is -2.67. The first-order valence-corrected chi connectivity index (χ1v) is 9.77. The lowest BCUT2D eigenvalue weighted by Gasteiger charge is -2.18. The number of carbonyl (C=O) groups excluding carboxylic acids is 1. The number of rotatable bonds is 8. The molecule has 1 N–H and O–H groups in total. The van der Waals surface area contributed by atoms with E-state index in [1.807, 2.05) is 0 Å². The molecule has 7 nitrogen and oxygen atoms in total. The van der Waals surface area contributed by atoms with Gasteiger partial charge in [0.2, 0.25) is 5.91 Å². The average molecular weight is 384 g/mol. The normalized spacial score (nSPS) is 16.4. The fraction of sp³-hybridized carbons (Fsp3) is 0.476. The fourth-order valence-electron chi connectivity index (χ4n) is 3.38. The van der Waals surface area contributed by atoms with E-state index in [1.54, 1.807) is 19.4 Å². The Morgan fingerprint density at radius 1 is 1.29 bits per heavy atom. The summed E-state index contributed by atoms with van der Waals surface area (Å²) in [6, 6.07) is 9.90. The van der Waals surface area contributed by atoms with E-state index < -0.39 is 0 Å². The molecule has 1 unspecified atom stereocenters. The predicted molar refractivity (Wildman–Crippen MR) is 108 cm³/mol. The maximum Gasteiger partial charge on any atom is 0.268 e. The molecule has 1 fully saturated rings. The van der Waals surface area contributed by atoms with Gasteiger partial charge in [-0.2, -0.15) is 5.10 Å². The van der Waals surface area contributed by atoms with Crippen molar-refractivity contribution in [2.75, 3.05) is 31.7 Å². The molecule has 7 heteroatoms. The SMILES string of the molecule is CCc1ccc(CNC(=O)C2CCN(c3cnn(CCOC)c(=O)c3)C2)cc1. The van der Waals surface area contributed by atoms with Crippen LogP contribution in [0.4, 0.5) is 5.69 Å². The zero-order chi connectivity index (χ0) is 19.9. The first-order chi connectivity index (χ1) is 13.6. The Kier molecular flexibility index (Phi) is 6.81. The summed E-state index contributed by atoms with van der Waals surface area (Å²) in [5, 5.41) is 7.24. The number of aromatic nitrogens is 2. The summed E-state index contributed by atoms with van der Waals surface area (Å²) in [5.41, 5.74) is 3.01. The molecule has 0 radical (unpaired) electrons. The highest BCUT2D eigenvalue weighted by Gasteiger charge is 2.28. The van der Waals surface area contributed by atoms with Gasteiger partial charge in [-0.25, -0.2) is 4.68 Å². The largest absolute Gasteiger partial charge is 0.383 e. The Morgan fingerprint density at radius 3 is 2.71 bits per heavy atom. The van der Waals surface area contributed by atoms with E-state index in [4.69, 9.17) is 4.74 Å². The van der Waals surface area contributed by atoms with Crippen LogP contribution in [0.3, 0.4) is 0 Å². The van der Waals surface area contributed by atoms with Gasteiger partial charge in [0.1, 0.15) is 0 Å². The number of benzene rings is 1. The monoisotopic (exact) mass is 384 g/mol. The van der Waals surface area contributed by atoms with Gasteiger partial charge in [-0.15, -0.1) is 0 Å². The van der Waals surface area contributed by atoms with E-state index >= 15 is 0 Å². The van der Waals surface area contributed by atoms with Gasteiger partial charge < -0.3 is 15.0 Å². The number of ether oxygens (including phenoxy) is 1. The second-order valence-electron chi connectivity index (χ2n) is 7.09. The quantitative estimate of drug-likeness (QED) is 0.748. The maximum absolute atomic E-state index is 12.5. The highest BCUT2D eigenvalue weighted by Crippen LogP contribution is 2.22. The minimum atomic E-state index is -0.155. The van der Waals surface area contributed by atoms with Crippen molar-refractivity contribution in [3.8, 4) is 0 Å². The third-order valence-corrected chi connectivity index (χ3v) is 5.18. The summed E-state index contributed by atoms with van der Waals surface area (Å²) in [7, 11) is 1.59.